The molecule has 0 unspecified atom stereocenters. The summed E-state index contributed by atoms with van der Waals surface area (Å²) in [5.41, 5.74) is 1.76. The van der Waals surface area contributed by atoms with E-state index < -0.39 is 24.0 Å². The molecule has 2 atom stereocenters. The van der Waals surface area contributed by atoms with Crippen molar-refractivity contribution >= 4 is 41.0 Å². The molecule has 0 aliphatic carbocycles. The van der Waals surface area contributed by atoms with Crippen LogP contribution in [0, 0.1) is 16.9 Å². The van der Waals surface area contributed by atoms with Gasteiger partial charge in [-0.1, -0.05) is 53.5 Å². The van der Waals surface area contributed by atoms with E-state index in [-0.39, 0.29) is 46.3 Å². The van der Waals surface area contributed by atoms with Crippen LogP contribution in [0.15, 0.2) is 79.1 Å². The Kier molecular flexibility index (Phi) is 11.0. The monoisotopic (exact) mass is 723 g/mol. The predicted octanol–water partition coefficient (Wildman–Crippen LogP) is 7.16. The number of benzene rings is 3. The normalized spacial score (nSPS) is 18.6. The van der Waals surface area contributed by atoms with E-state index in [1.165, 1.54) is 43.6 Å². The Labute approximate surface area is 299 Å². The number of anilines is 1. The van der Waals surface area contributed by atoms with E-state index in [9.17, 15) is 14.8 Å². The molecule has 4 aromatic rings. The maximum atomic E-state index is 15.1. The first-order chi connectivity index (χ1) is 24.1. The summed E-state index contributed by atoms with van der Waals surface area (Å²) in [6, 6.07) is 17.7. The molecule has 0 radical (unpaired) electrons. The Morgan fingerprint density at radius 2 is 1.70 bits per heavy atom. The zero-order valence-electron chi connectivity index (χ0n) is 27.5. The Bertz CT molecular complexity index is 1850. The van der Waals surface area contributed by atoms with Crippen LogP contribution in [-0.4, -0.2) is 56.9 Å². The molecule has 0 saturated carbocycles. The summed E-state index contributed by atoms with van der Waals surface area (Å²) in [5.74, 6) is -0.101. The number of esters is 1. The second-order valence-corrected chi connectivity index (χ2v) is 13.1. The van der Waals surface area contributed by atoms with E-state index in [2.05, 4.69) is 4.90 Å². The zero-order valence-corrected chi connectivity index (χ0v) is 29.0. The highest BCUT2D eigenvalue weighted by atomic mass is 35.5. The van der Waals surface area contributed by atoms with Gasteiger partial charge >= 0.3 is 12.1 Å². The average molecular weight is 725 g/mol. The number of ether oxygens (including phenoxy) is 4. The van der Waals surface area contributed by atoms with E-state index >= 15 is 4.39 Å². The second-order valence-electron chi connectivity index (χ2n) is 12.3. The zero-order chi connectivity index (χ0) is 35.4. The van der Waals surface area contributed by atoms with Crippen molar-refractivity contribution in [1.29, 1.82) is 0 Å². The van der Waals surface area contributed by atoms with Crippen LogP contribution in [0.4, 0.5) is 14.9 Å². The van der Waals surface area contributed by atoms with Crippen molar-refractivity contribution in [2.75, 3.05) is 38.8 Å². The summed E-state index contributed by atoms with van der Waals surface area (Å²) in [6.45, 7) is 2.56. The molecule has 13 heteroatoms. The highest BCUT2D eigenvalue weighted by molar-refractivity contribution is 6.35. The maximum absolute atomic E-state index is 15.1. The molecule has 10 nitrogen and oxygen atoms in total. The molecule has 262 valence electrons. The number of rotatable bonds is 11. The SMILES string of the molecule is COc1ccc([C@H](Cc2c(Cl)c[n+]([O-])cc2Cl)OC(=O)c2cccc(CN(C(=O)O[C@H]3CN4CCC3CC4)c3ccccc3F)c2)cc1OC. The molecule has 3 fully saturated rings. The molecular formula is C37H36Cl2FN3O7. The van der Waals surface area contributed by atoms with Crippen LogP contribution < -0.4 is 19.1 Å². The summed E-state index contributed by atoms with van der Waals surface area (Å²) in [6.07, 6.45) is 2.42. The summed E-state index contributed by atoms with van der Waals surface area (Å²) < 4.78 is 38.5. The van der Waals surface area contributed by atoms with Crippen molar-refractivity contribution in [2.45, 2.75) is 38.0 Å². The number of halogens is 3. The topological polar surface area (TPSA) is 104 Å². The van der Waals surface area contributed by atoms with E-state index in [0.717, 1.165) is 25.9 Å². The van der Waals surface area contributed by atoms with Gasteiger partial charge in [-0.15, -0.1) is 0 Å². The van der Waals surface area contributed by atoms with Gasteiger partial charge in [0.15, 0.2) is 23.9 Å². The van der Waals surface area contributed by atoms with Gasteiger partial charge in [-0.3, -0.25) is 9.80 Å². The fraction of sp³-hybridized carbons (Fsp3) is 0.324. The molecule has 7 rings (SSSR count). The van der Waals surface area contributed by atoms with Crippen molar-refractivity contribution in [3.8, 4) is 11.5 Å². The molecule has 0 N–H and O–H groups in total. The Balaban J connectivity index is 1.26. The van der Waals surface area contributed by atoms with Crippen molar-refractivity contribution in [1.82, 2.24) is 4.90 Å². The van der Waals surface area contributed by atoms with Crippen molar-refractivity contribution in [3.05, 3.63) is 122 Å². The highest BCUT2D eigenvalue weighted by Gasteiger charge is 2.38. The third-order valence-electron chi connectivity index (χ3n) is 9.19. The molecule has 4 heterocycles. The van der Waals surface area contributed by atoms with Gasteiger partial charge < -0.3 is 24.2 Å². The summed E-state index contributed by atoms with van der Waals surface area (Å²) >= 11 is 12.8. The van der Waals surface area contributed by atoms with Crippen LogP contribution in [0.3, 0.4) is 0 Å². The number of para-hydroxylation sites is 1. The van der Waals surface area contributed by atoms with Crippen LogP contribution in [0.5, 0.6) is 11.5 Å². The minimum atomic E-state index is -0.921. The molecule has 50 heavy (non-hydrogen) atoms. The minimum absolute atomic E-state index is 0.0336. The number of hydrogen-bond donors (Lipinski definition) is 0. The Morgan fingerprint density at radius 3 is 2.36 bits per heavy atom. The smallest absolute Gasteiger partial charge is 0.415 e. The summed E-state index contributed by atoms with van der Waals surface area (Å²) in [4.78, 5) is 31.0. The number of aromatic nitrogens is 1. The first kappa shape index (κ1) is 35.3. The van der Waals surface area contributed by atoms with Gasteiger partial charge in [0.2, 0.25) is 0 Å². The quantitative estimate of drug-likeness (QED) is 0.0913. The first-order valence-electron chi connectivity index (χ1n) is 16.2. The number of nitrogens with zero attached hydrogens (tertiary/aromatic N) is 3. The molecule has 0 spiro atoms. The minimum Gasteiger partial charge on any atom is -0.619 e. The van der Waals surface area contributed by atoms with Crippen molar-refractivity contribution < 1.29 is 37.7 Å². The molecule has 1 aromatic heterocycles. The fourth-order valence-corrected chi connectivity index (χ4v) is 7.12. The third-order valence-corrected chi connectivity index (χ3v) is 9.84. The van der Waals surface area contributed by atoms with E-state index in [0.29, 0.717) is 39.5 Å². The van der Waals surface area contributed by atoms with Gasteiger partial charge in [0, 0.05) is 18.5 Å². The van der Waals surface area contributed by atoms with E-state index in [1.54, 1.807) is 54.6 Å². The van der Waals surface area contributed by atoms with Crippen LogP contribution >= 0.6 is 23.2 Å². The molecule has 3 saturated heterocycles. The molecule has 3 aliphatic rings. The number of carbonyl (C=O) groups excluding carboxylic acids is 2. The molecule has 2 bridgehead atoms. The average Bonchev–Trinajstić information content (AvgIpc) is 3.12. The summed E-state index contributed by atoms with van der Waals surface area (Å²) in [5, 5.41) is 12.1. The number of amides is 1. The van der Waals surface area contributed by atoms with Gasteiger partial charge in [-0.25, -0.2) is 14.0 Å². The Morgan fingerprint density at radius 1 is 0.980 bits per heavy atom. The summed E-state index contributed by atoms with van der Waals surface area (Å²) in [7, 11) is 3.00. The van der Waals surface area contributed by atoms with Gasteiger partial charge in [0.05, 0.1) is 32.0 Å². The maximum Gasteiger partial charge on any atom is 0.415 e. The lowest BCUT2D eigenvalue weighted by Crippen LogP contribution is -2.53. The predicted molar refractivity (Wildman–Crippen MR) is 185 cm³/mol. The third kappa shape index (κ3) is 7.90. The lowest BCUT2D eigenvalue weighted by molar-refractivity contribution is -0.605. The fourth-order valence-electron chi connectivity index (χ4n) is 6.52. The lowest BCUT2D eigenvalue weighted by Gasteiger charge is -2.44. The van der Waals surface area contributed by atoms with Crippen LogP contribution in [0.1, 0.15) is 46.0 Å². The number of methoxy groups -OCH3 is 2. The van der Waals surface area contributed by atoms with Gasteiger partial charge in [0.1, 0.15) is 28.1 Å². The largest absolute Gasteiger partial charge is 0.619 e. The molecule has 1 amide bonds. The standard InChI is InChI=1S/C37H36Cl2FN3O7/c1-47-32-11-10-25(17-34(32)48-2)33(18-27-28(38)20-42(46)21-29(27)39)49-36(44)26-7-5-6-23(16-26)19-43(31-9-4-3-8-30(31)40)37(45)50-35-22-41-14-12-24(35)13-15-41/h3-11,16-17,20-21,24,33,35H,12-15,18-19,22H2,1-2H3/t33-,35-/m0/s1. The van der Waals surface area contributed by atoms with Crippen LogP contribution in [-0.2, 0) is 22.4 Å². The van der Waals surface area contributed by atoms with Crippen molar-refractivity contribution in [3.63, 3.8) is 0 Å². The number of carbonyl (C=O) groups is 2. The van der Waals surface area contributed by atoms with Crippen LogP contribution in [0.25, 0.3) is 0 Å². The molecule has 3 aliphatic heterocycles. The van der Waals surface area contributed by atoms with E-state index in [4.69, 9.17) is 42.1 Å². The van der Waals surface area contributed by atoms with E-state index in [1.807, 2.05) is 0 Å². The van der Waals surface area contributed by atoms with Gasteiger partial charge in [-0.2, -0.15) is 4.73 Å². The number of hydrogen-bond acceptors (Lipinski definition) is 8. The number of fused-ring (bicyclic) bond motifs is 3. The highest BCUT2D eigenvalue weighted by Crippen LogP contribution is 2.36. The first-order valence-corrected chi connectivity index (χ1v) is 16.9. The second kappa shape index (κ2) is 15.5. The van der Waals surface area contributed by atoms with Crippen molar-refractivity contribution in [2.24, 2.45) is 5.92 Å². The Hall–Kier alpha value is -4.58. The lowest BCUT2D eigenvalue weighted by atomic mass is 9.86. The number of piperidine rings is 3. The van der Waals surface area contributed by atoms with Gasteiger partial charge in [-0.05, 0) is 79.4 Å². The van der Waals surface area contributed by atoms with Crippen LogP contribution in [0.2, 0.25) is 10.0 Å². The number of pyridine rings is 1. The molecular weight excluding hydrogens is 688 g/mol. The molecule has 3 aromatic carbocycles. The van der Waals surface area contributed by atoms with Gasteiger partial charge in [0.25, 0.3) is 0 Å².